The normalized spacial score (nSPS) is 10.3. The summed E-state index contributed by atoms with van der Waals surface area (Å²) in [4.78, 5) is 23.0. The molecule has 5 nitrogen and oxygen atoms in total. The monoisotopic (exact) mass is 346 g/mol. The number of aromatic nitrogens is 2. The fraction of sp³-hybridized carbons (Fsp3) is 0.190. The van der Waals surface area contributed by atoms with Gasteiger partial charge in [-0.15, -0.1) is 0 Å². The second kappa shape index (κ2) is 8.76. The number of anilines is 1. The first-order valence-corrected chi connectivity index (χ1v) is 8.69. The molecule has 1 amide bonds. The van der Waals surface area contributed by atoms with Crippen molar-refractivity contribution in [3.63, 3.8) is 0 Å². The molecule has 1 aromatic heterocycles. The summed E-state index contributed by atoms with van der Waals surface area (Å²) in [7, 11) is 0. The van der Waals surface area contributed by atoms with Crippen LogP contribution in [0.25, 0.3) is 0 Å². The van der Waals surface area contributed by atoms with Gasteiger partial charge in [0.25, 0.3) is 5.91 Å². The molecule has 0 unspecified atom stereocenters. The van der Waals surface area contributed by atoms with Crippen molar-refractivity contribution in [2.45, 2.75) is 20.0 Å². The van der Waals surface area contributed by atoms with Crippen LogP contribution >= 0.6 is 0 Å². The Morgan fingerprint density at radius 1 is 0.962 bits per heavy atom. The molecule has 1 N–H and O–H groups in total. The van der Waals surface area contributed by atoms with Gasteiger partial charge in [-0.1, -0.05) is 60.7 Å². The van der Waals surface area contributed by atoms with Crippen LogP contribution in [-0.2, 0) is 13.1 Å². The van der Waals surface area contributed by atoms with Crippen molar-refractivity contribution in [2.24, 2.45) is 0 Å². The Balaban J connectivity index is 1.69. The van der Waals surface area contributed by atoms with Gasteiger partial charge in [0, 0.05) is 25.7 Å². The van der Waals surface area contributed by atoms with Gasteiger partial charge in [-0.05, 0) is 18.1 Å². The topological polar surface area (TPSA) is 58.1 Å². The van der Waals surface area contributed by atoms with E-state index >= 15 is 0 Å². The molecule has 132 valence electrons. The van der Waals surface area contributed by atoms with Crippen molar-refractivity contribution < 1.29 is 4.79 Å². The zero-order valence-corrected chi connectivity index (χ0v) is 14.8. The third kappa shape index (κ3) is 4.66. The molecule has 26 heavy (non-hydrogen) atoms. The summed E-state index contributed by atoms with van der Waals surface area (Å²) in [6.45, 7) is 4.07. The van der Waals surface area contributed by atoms with Gasteiger partial charge < -0.3 is 10.2 Å². The Morgan fingerprint density at radius 3 is 2.27 bits per heavy atom. The molecular weight excluding hydrogens is 324 g/mol. The van der Waals surface area contributed by atoms with E-state index < -0.39 is 0 Å². The van der Waals surface area contributed by atoms with Crippen molar-refractivity contribution in [1.29, 1.82) is 0 Å². The van der Waals surface area contributed by atoms with Crippen LogP contribution in [0, 0.1) is 0 Å². The van der Waals surface area contributed by atoms with Gasteiger partial charge in [0.15, 0.2) is 0 Å². The Hall–Kier alpha value is -3.21. The Kier molecular flexibility index (Phi) is 5.93. The molecule has 0 radical (unpaired) electrons. The van der Waals surface area contributed by atoms with Crippen LogP contribution in [0.2, 0.25) is 0 Å². The largest absolute Gasteiger partial charge is 0.352 e. The first kappa shape index (κ1) is 17.6. The highest BCUT2D eigenvalue weighted by Gasteiger charge is 2.12. The first-order valence-electron chi connectivity index (χ1n) is 8.69. The third-order valence-electron chi connectivity index (χ3n) is 4.10. The van der Waals surface area contributed by atoms with Gasteiger partial charge in [-0.2, -0.15) is 0 Å². The Labute approximate surface area is 153 Å². The van der Waals surface area contributed by atoms with Crippen molar-refractivity contribution in [3.05, 3.63) is 89.9 Å². The number of benzene rings is 2. The molecule has 0 fully saturated rings. The number of rotatable bonds is 7. The number of amides is 1. The lowest BCUT2D eigenvalue weighted by Crippen LogP contribution is -2.26. The quantitative estimate of drug-likeness (QED) is 0.712. The van der Waals surface area contributed by atoms with Crippen LogP contribution in [0.4, 0.5) is 5.82 Å². The van der Waals surface area contributed by atoms with E-state index in [1.807, 2.05) is 48.5 Å². The minimum atomic E-state index is -0.201. The molecule has 0 aliphatic heterocycles. The summed E-state index contributed by atoms with van der Waals surface area (Å²) >= 11 is 0. The van der Waals surface area contributed by atoms with Crippen LogP contribution in [0.5, 0.6) is 0 Å². The number of hydrogen-bond donors (Lipinski definition) is 1. The number of hydrogen-bond acceptors (Lipinski definition) is 4. The van der Waals surface area contributed by atoms with Crippen LogP contribution in [0.1, 0.15) is 28.5 Å². The maximum absolute atomic E-state index is 12.4. The highest BCUT2D eigenvalue weighted by molar-refractivity contribution is 5.92. The molecule has 0 saturated carbocycles. The van der Waals surface area contributed by atoms with Crippen LogP contribution < -0.4 is 10.2 Å². The summed E-state index contributed by atoms with van der Waals surface area (Å²) in [6, 6.07) is 21.8. The molecule has 1 heterocycles. The SMILES string of the molecule is CCN(Cc1ccccc1)c1cc(C(=O)NCc2ccccc2)ncn1. The number of nitrogens with one attached hydrogen (secondary N) is 1. The number of carbonyl (C=O) groups is 1. The van der Waals surface area contributed by atoms with E-state index in [0.717, 1.165) is 24.5 Å². The van der Waals surface area contributed by atoms with Crippen molar-refractivity contribution in [3.8, 4) is 0 Å². The molecular formula is C21H22N4O. The molecule has 0 atom stereocenters. The lowest BCUT2D eigenvalue weighted by molar-refractivity contribution is 0.0945. The van der Waals surface area contributed by atoms with E-state index in [2.05, 4.69) is 39.2 Å². The van der Waals surface area contributed by atoms with E-state index in [0.29, 0.717) is 12.2 Å². The van der Waals surface area contributed by atoms with Gasteiger partial charge in [0.1, 0.15) is 17.8 Å². The molecule has 3 rings (SSSR count). The summed E-state index contributed by atoms with van der Waals surface area (Å²) in [5.74, 6) is 0.546. The van der Waals surface area contributed by atoms with Crippen molar-refractivity contribution in [1.82, 2.24) is 15.3 Å². The standard InChI is InChI=1S/C21H22N4O/c1-2-25(15-18-11-7-4-8-12-18)20-13-19(23-16-24-20)21(26)22-14-17-9-5-3-6-10-17/h3-13,16H,2,14-15H2,1H3,(H,22,26). The molecule has 5 heteroatoms. The predicted octanol–water partition coefficient (Wildman–Crippen LogP) is 3.43. The lowest BCUT2D eigenvalue weighted by Gasteiger charge is -2.22. The zero-order chi connectivity index (χ0) is 18.2. The molecule has 0 aliphatic rings. The Morgan fingerprint density at radius 2 is 1.62 bits per heavy atom. The van der Waals surface area contributed by atoms with E-state index in [4.69, 9.17) is 0 Å². The van der Waals surface area contributed by atoms with Crippen molar-refractivity contribution >= 4 is 11.7 Å². The van der Waals surface area contributed by atoms with E-state index in [1.54, 1.807) is 6.07 Å². The third-order valence-corrected chi connectivity index (χ3v) is 4.10. The summed E-state index contributed by atoms with van der Waals surface area (Å²) in [5.41, 5.74) is 2.62. The predicted molar refractivity (Wildman–Crippen MR) is 103 cm³/mol. The van der Waals surface area contributed by atoms with Gasteiger partial charge in [-0.25, -0.2) is 9.97 Å². The summed E-state index contributed by atoms with van der Waals surface area (Å²) < 4.78 is 0. The minimum Gasteiger partial charge on any atom is -0.352 e. The van der Waals surface area contributed by atoms with Gasteiger partial charge in [0.05, 0.1) is 0 Å². The number of carbonyl (C=O) groups excluding carboxylic acids is 1. The van der Waals surface area contributed by atoms with Crippen molar-refractivity contribution in [2.75, 3.05) is 11.4 Å². The summed E-state index contributed by atoms with van der Waals surface area (Å²) in [6.07, 6.45) is 1.44. The molecule has 0 spiro atoms. The van der Waals surface area contributed by atoms with E-state index in [9.17, 15) is 4.79 Å². The maximum atomic E-state index is 12.4. The number of nitrogens with zero attached hydrogens (tertiary/aromatic N) is 3. The fourth-order valence-corrected chi connectivity index (χ4v) is 2.67. The van der Waals surface area contributed by atoms with Crippen LogP contribution in [0.3, 0.4) is 0 Å². The average molecular weight is 346 g/mol. The fourth-order valence-electron chi connectivity index (χ4n) is 2.67. The van der Waals surface area contributed by atoms with Crippen LogP contribution in [-0.4, -0.2) is 22.4 Å². The minimum absolute atomic E-state index is 0.201. The molecule has 0 saturated heterocycles. The average Bonchev–Trinajstić information content (AvgIpc) is 2.72. The Bertz CT molecular complexity index is 837. The zero-order valence-electron chi connectivity index (χ0n) is 14.8. The van der Waals surface area contributed by atoms with Gasteiger partial charge in [0.2, 0.25) is 0 Å². The summed E-state index contributed by atoms with van der Waals surface area (Å²) in [5, 5.41) is 2.90. The first-order chi connectivity index (χ1) is 12.8. The lowest BCUT2D eigenvalue weighted by atomic mass is 10.2. The highest BCUT2D eigenvalue weighted by Crippen LogP contribution is 2.15. The molecule has 3 aromatic rings. The van der Waals surface area contributed by atoms with E-state index in [-0.39, 0.29) is 5.91 Å². The van der Waals surface area contributed by atoms with Gasteiger partial charge >= 0.3 is 0 Å². The van der Waals surface area contributed by atoms with Crippen LogP contribution in [0.15, 0.2) is 73.1 Å². The van der Waals surface area contributed by atoms with E-state index in [1.165, 1.54) is 11.9 Å². The maximum Gasteiger partial charge on any atom is 0.270 e. The second-order valence-electron chi connectivity index (χ2n) is 5.93. The second-order valence-corrected chi connectivity index (χ2v) is 5.93. The smallest absolute Gasteiger partial charge is 0.270 e. The molecule has 0 aliphatic carbocycles. The molecule has 2 aromatic carbocycles. The molecule has 0 bridgehead atoms. The highest BCUT2D eigenvalue weighted by atomic mass is 16.1. The van der Waals surface area contributed by atoms with Gasteiger partial charge in [-0.3, -0.25) is 4.79 Å².